The highest BCUT2D eigenvalue weighted by atomic mass is 19.1. The molecule has 1 aromatic carbocycles. The first-order valence-corrected chi connectivity index (χ1v) is 11.0. The molecule has 1 amide bonds. The Morgan fingerprint density at radius 3 is 2.42 bits per heavy atom. The number of nitrogens with one attached hydrogen (secondary N) is 1. The Bertz CT molecular complexity index is 895. The molecular weight excluding hydrogens is 399 g/mol. The molecule has 0 unspecified atom stereocenters. The first-order valence-electron chi connectivity index (χ1n) is 11.0. The molecular formula is C22H29FN6O2. The number of halogens is 1. The number of anilines is 2. The summed E-state index contributed by atoms with van der Waals surface area (Å²) in [5.41, 5.74) is 0.123. The number of amides is 1. The number of ether oxygens (including phenoxy) is 1. The molecule has 2 saturated heterocycles. The normalized spacial score (nSPS) is 17.9. The Kier molecular flexibility index (Phi) is 6.79. The quantitative estimate of drug-likeness (QED) is 0.783. The maximum Gasteiger partial charge on any atom is 0.322 e. The van der Waals surface area contributed by atoms with Crippen molar-refractivity contribution in [3.05, 3.63) is 35.6 Å². The van der Waals surface area contributed by atoms with Crippen molar-refractivity contribution in [1.82, 2.24) is 19.9 Å². The van der Waals surface area contributed by atoms with Crippen molar-refractivity contribution in [2.45, 2.75) is 44.6 Å². The van der Waals surface area contributed by atoms with E-state index in [1.54, 1.807) is 24.1 Å². The van der Waals surface area contributed by atoms with E-state index in [4.69, 9.17) is 4.74 Å². The SMILES string of the molecule is COc1nc(NC2CCN(C(=O)c3ccccc3F)CC2)nc(N2CCCCCC2)n1. The molecule has 2 fully saturated rings. The zero-order valence-electron chi connectivity index (χ0n) is 17.9. The van der Waals surface area contributed by atoms with Gasteiger partial charge in [-0.3, -0.25) is 4.79 Å². The number of methoxy groups -OCH3 is 1. The van der Waals surface area contributed by atoms with E-state index in [2.05, 4.69) is 25.2 Å². The van der Waals surface area contributed by atoms with Gasteiger partial charge in [-0.05, 0) is 37.8 Å². The van der Waals surface area contributed by atoms with Gasteiger partial charge in [0.2, 0.25) is 11.9 Å². The van der Waals surface area contributed by atoms with Crippen LogP contribution in [0.1, 0.15) is 48.9 Å². The van der Waals surface area contributed by atoms with Crippen LogP contribution in [-0.2, 0) is 0 Å². The number of piperidine rings is 1. The van der Waals surface area contributed by atoms with Gasteiger partial charge in [-0.2, -0.15) is 15.0 Å². The molecule has 0 radical (unpaired) electrons. The van der Waals surface area contributed by atoms with Crippen LogP contribution in [0.5, 0.6) is 6.01 Å². The van der Waals surface area contributed by atoms with Crippen LogP contribution < -0.4 is 15.0 Å². The fourth-order valence-electron chi connectivity index (χ4n) is 4.13. The molecule has 8 nitrogen and oxygen atoms in total. The number of hydrogen-bond donors (Lipinski definition) is 1. The van der Waals surface area contributed by atoms with Crippen LogP contribution in [0.15, 0.2) is 24.3 Å². The Hall–Kier alpha value is -2.97. The molecule has 2 aliphatic heterocycles. The largest absolute Gasteiger partial charge is 0.467 e. The molecule has 1 N–H and O–H groups in total. The second-order valence-electron chi connectivity index (χ2n) is 8.04. The lowest BCUT2D eigenvalue weighted by molar-refractivity contribution is 0.0713. The van der Waals surface area contributed by atoms with Crippen LogP contribution in [0.2, 0.25) is 0 Å². The number of hydrogen-bond acceptors (Lipinski definition) is 7. The smallest absolute Gasteiger partial charge is 0.322 e. The van der Waals surface area contributed by atoms with E-state index in [1.807, 2.05) is 0 Å². The summed E-state index contributed by atoms with van der Waals surface area (Å²) >= 11 is 0. The van der Waals surface area contributed by atoms with Crippen LogP contribution in [-0.4, -0.2) is 65.1 Å². The van der Waals surface area contributed by atoms with E-state index in [9.17, 15) is 9.18 Å². The van der Waals surface area contributed by atoms with Crippen LogP contribution in [0.4, 0.5) is 16.3 Å². The van der Waals surface area contributed by atoms with Gasteiger partial charge in [0.25, 0.3) is 5.91 Å². The monoisotopic (exact) mass is 428 g/mol. The van der Waals surface area contributed by atoms with Crippen LogP contribution >= 0.6 is 0 Å². The summed E-state index contributed by atoms with van der Waals surface area (Å²) in [5, 5.41) is 3.38. The van der Waals surface area contributed by atoms with Gasteiger partial charge in [-0.25, -0.2) is 4.39 Å². The van der Waals surface area contributed by atoms with Crippen molar-refractivity contribution in [3.8, 4) is 6.01 Å². The lowest BCUT2D eigenvalue weighted by Gasteiger charge is -2.32. The van der Waals surface area contributed by atoms with Gasteiger partial charge in [-0.15, -0.1) is 0 Å². The summed E-state index contributed by atoms with van der Waals surface area (Å²) in [5.74, 6) is 0.390. The van der Waals surface area contributed by atoms with Gasteiger partial charge < -0.3 is 19.9 Å². The van der Waals surface area contributed by atoms with E-state index < -0.39 is 5.82 Å². The molecule has 0 bridgehead atoms. The van der Waals surface area contributed by atoms with Crippen molar-refractivity contribution in [1.29, 1.82) is 0 Å². The third-order valence-corrected chi connectivity index (χ3v) is 5.89. The number of nitrogens with zero attached hydrogens (tertiary/aromatic N) is 5. The summed E-state index contributed by atoms with van der Waals surface area (Å²) in [6, 6.07) is 6.53. The second-order valence-corrected chi connectivity index (χ2v) is 8.04. The molecule has 3 heterocycles. The summed E-state index contributed by atoms with van der Waals surface area (Å²) in [6.07, 6.45) is 6.18. The molecule has 2 aliphatic rings. The van der Waals surface area contributed by atoms with Crippen molar-refractivity contribution in [2.24, 2.45) is 0 Å². The van der Waals surface area contributed by atoms with Crippen molar-refractivity contribution in [3.63, 3.8) is 0 Å². The number of aromatic nitrogens is 3. The third kappa shape index (κ3) is 5.21. The molecule has 0 aliphatic carbocycles. The minimum absolute atomic E-state index is 0.119. The molecule has 31 heavy (non-hydrogen) atoms. The number of carbonyl (C=O) groups excluding carboxylic acids is 1. The summed E-state index contributed by atoms with van der Waals surface area (Å²) in [4.78, 5) is 30.0. The van der Waals surface area contributed by atoms with E-state index in [0.717, 1.165) is 38.8 Å². The highest BCUT2D eigenvalue weighted by molar-refractivity contribution is 5.94. The Morgan fingerprint density at radius 1 is 1.03 bits per heavy atom. The van der Waals surface area contributed by atoms with Crippen LogP contribution in [0.3, 0.4) is 0 Å². The van der Waals surface area contributed by atoms with Gasteiger partial charge in [-0.1, -0.05) is 25.0 Å². The van der Waals surface area contributed by atoms with Crippen molar-refractivity contribution >= 4 is 17.8 Å². The predicted molar refractivity (Wildman–Crippen MR) is 116 cm³/mol. The zero-order chi connectivity index (χ0) is 21.6. The maximum atomic E-state index is 13.9. The van der Waals surface area contributed by atoms with E-state index in [1.165, 1.54) is 25.0 Å². The molecule has 166 valence electrons. The van der Waals surface area contributed by atoms with Gasteiger partial charge >= 0.3 is 6.01 Å². The molecule has 9 heteroatoms. The predicted octanol–water partition coefficient (Wildman–Crippen LogP) is 3.12. The Morgan fingerprint density at radius 2 is 1.74 bits per heavy atom. The summed E-state index contributed by atoms with van der Waals surface area (Å²) < 4.78 is 19.2. The van der Waals surface area contributed by atoms with E-state index in [0.29, 0.717) is 31.0 Å². The standard InChI is InChI=1S/C22H29FN6O2/c1-31-22-26-20(25-21(27-22)29-12-6-2-3-7-13-29)24-16-10-14-28(15-11-16)19(30)17-8-4-5-9-18(17)23/h4-5,8-9,16H,2-3,6-7,10-15H2,1H3,(H,24,25,26,27). The van der Waals surface area contributed by atoms with Crippen LogP contribution in [0.25, 0.3) is 0 Å². The minimum Gasteiger partial charge on any atom is -0.467 e. The Labute approximate surface area is 181 Å². The summed E-state index contributed by atoms with van der Waals surface area (Å²) in [7, 11) is 1.55. The highest BCUT2D eigenvalue weighted by Crippen LogP contribution is 2.22. The number of rotatable bonds is 5. The molecule has 0 saturated carbocycles. The zero-order valence-corrected chi connectivity index (χ0v) is 17.9. The molecule has 0 spiro atoms. The second kappa shape index (κ2) is 9.89. The maximum absolute atomic E-state index is 13.9. The average Bonchev–Trinajstić information content (AvgIpc) is 3.09. The van der Waals surface area contributed by atoms with Crippen molar-refractivity contribution in [2.75, 3.05) is 43.5 Å². The number of likely N-dealkylation sites (tertiary alicyclic amines) is 1. The van der Waals surface area contributed by atoms with Gasteiger partial charge in [0.1, 0.15) is 5.82 Å². The summed E-state index contributed by atoms with van der Waals surface area (Å²) in [6.45, 7) is 2.96. The fourth-order valence-corrected chi connectivity index (χ4v) is 4.13. The van der Waals surface area contributed by atoms with E-state index >= 15 is 0 Å². The molecule has 4 rings (SSSR count). The minimum atomic E-state index is -0.480. The fraction of sp³-hybridized carbons (Fsp3) is 0.545. The number of carbonyl (C=O) groups is 1. The first-order chi connectivity index (χ1) is 15.1. The van der Waals surface area contributed by atoms with Gasteiger partial charge in [0, 0.05) is 32.2 Å². The first kappa shape index (κ1) is 21.3. The molecule has 2 aromatic rings. The van der Waals surface area contributed by atoms with Gasteiger partial charge in [0.15, 0.2) is 0 Å². The third-order valence-electron chi connectivity index (χ3n) is 5.89. The van der Waals surface area contributed by atoms with E-state index in [-0.39, 0.29) is 17.5 Å². The van der Waals surface area contributed by atoms with Gasteiger partial charge in [0.05, 0.1) is 12.7 Å². The average molecular weight is 429 g/mol. The number of benzene rings is 1. The topological polar surface area (TPSA) is 83.5 Å². The lowest BCUT2D eigenvalue weighted by Crippen LogP contribution is -2.43. The highest BCUT2D eigenvalue weighted by Gasteiger charge is 2.26. The van der Waals surface area contributed by atoms with Crippen molar-refractivity contribution < 1.29 is 13.9 Å². The Balaban J connectivity index is 1.39. The van der Waals surface area contributed by atoms with Crippen LogP contribution in [0, 0.1) is 5.82 Å². The molecule has 1 aromatic heterocycles. The molecule has 0 atom stereocenters. The lowest BCUT2D eigenvalue weighted by atomic mass is 10.0.